The summed E-state index contributed by atoms with van der Waals surface area (Å²) >= 11 is 0. The first-order valence-electron chi connectivity index (χ1n) is 4.67. The first-order chi connectivity index (χ1) is 7.01. The molecule has 0 radical (unpaired) electrons. The molecule has 0 aromatic heterocycles. The Kier molecular flexibility index (Phi) is 6.64. The molecule has 0 saturated heterocycles. The predicted octanol–water partition coefficient (Wildman–Crippen LogP) is -1.20. The van der Waals surface area contributed by atoms with E-state index in [0.717, 1.165) is 0 Å². The minimum absolute atomic E-state index is 0.0844. The summed E-state index contributed by atoms with van der Waals surface area (Å²) < 4.78 is 4.44. The van der Waals surface area contributed by atoms with Crippen molar-refractivity contribution in [2.45, 2.75) is 31.9 Å². The Hall–Kier alpha value is -1.14. The molecule has 1 amide bonds. The molecule has 0 bridgehead atoms. The number of nitrogens with one attached hydrogen (secondary N) is 1. The van der Waals surface area contributed by atoms with Gasteiger partial charge in [0.2, 0.25) is 5.91 Å². The Morgan fingerprint density at radius 1 is 1.47 bits per heavy atom. The maximum Gasteiger partial charge on any atom is 0.328 e. The van der Waals surface area contributed by atoms with E-state index in [1.807, 2.05) is 0 Å². The van der Waals surface area contributed by atoms with Crippen LogP contribution in [0.2, 0.25) is 0 Å². The van der Waals surface area contributed by atoms with Crippen LogP contribution in [0.5, 0.6) is 0 Å². The Bertz CT molecular complexity index is 217. The number of hydrogen-bond donors (Lipinski definition) is 3. The zero-order chi connectivity index (χ0) is 11.8. The molecule has 6 nitrogen and oxygen atoms in total. The van der Waals surface area contributed by atoms with Crippen LogP contribution in [0.1, 0.15) is 19.8 Å². The van der Waals surface area contributed by atoms with Crippen LogP contribution in [0.15, 0.2) is 0 Å². The number of esters is 1. The SMILES string of the molecule is COC(=O)C(CCO)NC(=O)CC(C)O. The molecule has 0 aromatic carbocycles. The lowest BCUT2D eigenvalue weighted by Crippen LogP contribution is -2.42. The summed E-state index contributed by atoms with van der Waals surface area (Å²) in [6.45, 7) is 1.24. The fourth-order valence-corrected chi connectivity index (χ4v) is 1.04. The number of amides is 1. The van der Waals surface area contributed by atoms with Gasteiger partial charge in [0.1, 0.15) is 6.04 Å². The smallest absolute Gasteiger partial charge is 0.328 e. The highest BCUT2D eigenvalue weighted by Gasteiger charge is 2.21. The van der Waals surface area contributed by atoms with Crippen molar-refractivity contribution in [1.29, 1.82) is 0 Å². The van der Waals surface area contributed by atoms with Crippen molar-refractivity contribution in [3.63, 3.8) is 0 Å². The Morgan fingerprint density at radius 3 is 2.47 bits per heavy atom. The zero-order valence-corrected chi connectivity index (χ0v) is 8.90. The molecule has 0 fully saturated rings. The van der Waals surface area contributed by atoms with Gasteiger partial charge in [-0.2, -0.15) is 0 Å². The number of rotatable bonds is 6. The predicted molar refractivity (Wildman–Crippen MR) is 51.9 cm³/mol. The average molecular weight is 219 g/mol. The molecule has 88 valence electrons. The topological polar surface area (TPSA) is 95.9 Å². The number of aliphatic hydroxyl groups is 2. The van der Waals surface area contributed by atoms with E-state index in [0.29, 0.717) is 0 Å². The normalized spacial score (nSPS) is 14.1. The monoisotopic (exact) mass is 219 g/mol. The lowest BCUT2D eigenvalue weighted by molar-refractivity contribution is -0.145. The van der Waals surface area contributed by atoms with Gasteiger partial charge in [0.05, 0.1) is 19.6 Å². The van der Waals surface area contributed by atoms with Gasteiger partial charge in [-0.1, -0.05) is 0 Å². The standard InChI is InChI=1S/C9H17NO5/c1-6(12)5-8(13)10-7(3-4-11)9(14)15-2/h6-7,11-12H,3-5H2,1-2H3,(H,10,13). The number of methoxy groups -OCH3 is 1. The van der Waals surface area contributed by atoms with E-state index in [1.165, 1.54) is 14.0 Å². The van der Waals surface area contributed by atoms with E-state index in [4.69, 9.17) is 10.2 Å². The molecule has 0 heterocycles. The molecule has 0 aliphatic carbocycles. The van der Waals surface area contributed by atoms with Crippen molar-refractivity contribution in [2.75, 3.05) is 13.7 Å². The van der Waals surface area contributed by atoms with Crippen LogP contribution in [0.25, 0.3) is 0 Å². The van der Waals surface area contributed by atoms with Gasteiger partial charge in [-0.15, -0.1) is 0 Å². The van der Waals surface area contributed by atoms with Crippen LogP contribution in [0.3, 0.4) is 0 Å². The number of aliphatic hydroxyl groups excluding tert-OH is 2. The van der Waals surface area contributed by atoms with Crippen LogP contribution in [0.4, 0.5) is 0 Å². The van der Waals surface area contributed by atoms with Crippen molar-refractivity contribution in [3.8, 4) is 0 Å². The minimum atomic E-state index is -0.855. The third-order valence-corrected chi connectivity index (χ3v) is 1.72. The third kappa shape index (κ3) is 6.03. The molecular formula is C9H17NO5. The molecule has 15 heavy (non-hydrogen) atoms. The Balaban J connectivity index is 4.15. The van der Waals surface area contributed by atoms with Crippen molar-refractivity contribution in [1.82, 2.24) is 5.32 Å². The summed E-state index contributed by atoms with van der Waals surface area (Å²) in [4.78, 5) is 22.3. The van der Waals surface area contributed by atoms with E-state index in [-0.39, 0.29) is 19.4 Å². The zero-order valence-electron chi connectivity index (χ0n) is 8.90. The number of ether oxygens (including phenoxy) is 1. The molecule has 0 rings (SSSR count). The average Bonchev–Trinajstić information content (AvgIpc) is 2.14. The lowest BCUT2D eigenvalue weighted by atomic mass is 10.2. The summed E-state index contributed by atoms with van der Waals surface area (Å²) in [7, 11) is 1.20. The van der Waals surface area contributed by atoms with Crippen molar-refractivity contribution in [3.05, 3.63) is 0 Å². The van der Waals surface area contributed by atoms with Crippen LogP contribution >= 0.6 is 0 Å². The van der Waals surface area contributed by atoms with Crippen molar-refractivity contribution >= 4 is 11.9 Å². The molecule has 3 N–H and O–H groups in total. The largest absolute Gasteiger partial charge is 0.467 e. The summed E-state index contributed by atoms with van der Waals surface area (Å²) in [5.41, 5.74) is 0. The van der Waals surface area contributed by atoms with Gasteiger partial charge < -0.3 is 20.3 Å². The first kappa shape index (κ1) is 13.9. The fourth-order valence-electron chi connectivity index (χ4n) is 1.04. The second kappa shape index (κ2) is 7.19. The van der Waals surface area contributed by atoms with Gasteiger partial charge in [0.25, 0.3) is 0 Å². The minimum Gasteiger partial charge on any atom is -0.467 e. The highest BCUT2D eigenvalue weighted by Crippen LogP contribution is 1.97. The second-order valence-electron chi connectivity index (χ2n) is 3.21. The van der Waals surface area contributed by atoms with E-state index in [1.54, 1.807) is 0 Å². The molecule has 6 heteroatoms. The Morgan fingerprint density at radius 2 is 2.07 bits per heavy atom. The molecule has 2 atom stereocenters. The summed E-state index contributed by atoms with van der Waals surface area (Å²) in [5.74, 6) is -1.06. The van der Waals surface area contributed by atoms with Gasteiger partial charge in [-0.25, -0.2) is 4.79 Å². The molecular weight excluding hydrogens is 202 g/mol. The number of carbonyl (C=O) groups excluding carboxylic acids is 2. The van der Waals surface area contributed by atoms with E-state index in [9.17, 15) is 9.59 Å². The van der Waals surface area contributed by atoms with Crippen LogP contribution in [0, 0.1) is 0 Å². The third-order valence-electron chi connectivity index (χ3n) is 1.72. The fraction of sp³-hybridized carbons (Fsp3) is 0.778. The molecule has 0 saturated carbocycles. The quantitative estimate of drug-likeness (QED) is 0.487. The molecule has 0 spiro atoms. The van der Waals surface area contributed by atoms with Gasteiger partial charge in [0.15, 0.2) is 0 Å². The van der Waals surface area contributed by atoms with Crippen molar-refractivity contribution in [2.24, 2.45) is 0 Å². The highest BCUT2D eigenvalue weighted by atomic mass is 16.5. The second-order valence-corrected chi connectivity index (χ2v) is 3.21. The number of carbonyl (C=O) groups is 2. The van der Waals surface area contributed by atoms with Crippen LogP contribution < -0.4 is 5.32 Å². The van der Waals surface area contributed by atoms with Crippen LogP contribution in [-0.2, 0) is 14.3 Å². The molecule has 2 unspecified atom stereocenters. The molecule has 0 aromatic rings. The maximum absolute atomic E-state index is 11.2. The van der Waals surface area contributed by atoms with Gasteiger partial charge >= 0.3 is 5.97 Å². The van der Waals surface area contributed by atoms with E-state index < -0.39 is 24.0 Å². The molecule has 0 aliphatic heterocycles. The van der Waals surface area contributed by atoms with E-state index >= 15 is 0 Å². The first-order valence-corrected chi connectivity index (χ1v) is 4.67. The Labute approximate surface area is 88.2 Å². The van der Waals surface area contributed by atoms with Gasteiger partial charge in [-0.3, -0.25) is 4.79 Å². The summed E-state index contributed by atoms with van der Waals surface area (Å²) in [5, 5.41) is 20.0. The van der Waals surface area contributed by atoms with Gasteiger partial charge in [0, 0.05) is 13.0 Å². The maximum atomic E-state index is 11.2. The summed E-state index contributed by atoms with van der Waals surface area (Å²) in [6.07, 6.45) is -0.755. The summed E-state index contributed by atoms with van der Waals surface area (Å²) in [6, 6.07) is -0.855. The van der Waals surface area contributed by atoms with Gasteiger partial charge in [-0.05, 0) is 6.92 Å². The number of hydrogen-bond acceptors (Lipinski definition) is 5. The van der Waals surface area contributed by atoms with Crippen LogP contribution in [-0.4, -0.2) is 48.0 Å². The highest BCUT2D eigenvalue weighted by molar-refractivity contribution is 5.84. The lowest BCUT2D eigenvalue weighted by Gasteiger charge is -2.15. The molecule has 0 aliphatic rings. The van der Waals surface area contributed by atoms with Crippen molar-refractivity contribution < 1.29 is 24.5 Å². The van der Waals surface area contributed by atoms with E-state index in [2.05, 4.69) is 10.1 Å².